The van der Waals surface area contributed by atoms with Gasteiger partial charge in [0.1, 0.15) is 0 Å². The summed E-state index contributed by atoms with van der Waals surface area (Å²) in [5.74, 6) is 0.810. The van der Waals surface area contributed by atoms with Crippen LogP contribution in [0.15, 0.2) is 30.3 Å². The summed E-state index contributed by atoms with van der Waals surface area (Å²) in [4.78, 5) is 12.6. The van der Waals surface area contributed by atoms with Crippen molar-refractivity contribution in [3.05, 3.63) is 35.9 Å². The van der Waals surface area contributed by atoms with Crippen LogP contribution in [0.3, 0.4) is 0 Å². The summed E-state index contributed by atoms with van der Waals surface area (Å²) in [5, 5.41) is 0. The lowest BCUT2D eigenvalue weighted by Crippen LogP contribution is -2.31. The maximum Gasteiger partial charge on any atom is 0.311 e. The highest BCUT2D eigenvalue weighted by atomic mass is 16.6. The standard InChI is InChI=1S/C21H30O3/c1-4-16(17-8-6-5-7-9-17)13-21(2,3)20(22)23-14-15-10-11-18-19(12-15)24-18/h5-9,15-16,18-19H,4,10-14H2,1-3H3. The van der Waals surface area contributed by atoms with Gasteiger partial charge < -0.3 is 9.47 Å². The Morgan fingerprint density at radius 3 is 2.67 bits per heavy atom. The van der Waals surface area contributed by atoms with Crippen molar-refractivity contribution in [1.82, 2.24) is 0 Å². The fourth-order valence-electron chi connectivity index (χ4n) is 3.95. The van der Waals surface area contributed by atoms with Gasteiger partial charge in [0.2, 0.25) is 0 Å². The van der Waals surface area contributed by atoms with Gasteiger partial charge in [-0.2, -0.15) is 0 Å². The number of epoxide rings is 1. The number of carbonyl (C=O) groups is 1. The SMILES string of the molecule is CCC(CC(C)(C)C(=O)OCC1CCC2OC2C1)c1ccccc1. The molecule has 2 fully saturated rings. The van der Waals surface area contributed by atoms with Crippen LogP contribution in [0.2, 0.25) is 0 Å². The molecule has 24 heavy (non-hydrogen) atoms. The number of rotatable bonds is 7. The van der Waals surface area contributed by atoms with E-state index >= 15 is 0 Å². The van der Waals surface area contributed by atoms with E-state index in [9.17, 15) is 4.79 Å². The summed E-state index contributed by atoms with van der Waals surface area (Å²) >= 11 is 0. The molecule has 0 bridgehead atoms. The van der Waals surface area contributed by atoms with Crippen LogP contribution in [0.4, 0.5) is 0 Å². The van der Waals surface area contributed by atoms with E-state index in [1.807, 2.05) is 19.9 Å². The molecule has 3 nitrogen and oxygen atoms in total. The molecule has 0 N–H and O–H groups in total. The molecule has 4 atom stereocenters. The van der Waals surface area contributed by atoms with Gasteiger partial charge in [0, 0.05) is 0 Å². The molecule has 1 saturated heterocycles. The van der Waals surface area contributed by atoms with Crippen molar-refractivity contribution in [3.8, 4) is 0 Å². The molecule has 1 aromatic rings. The normalized spacial score (nSPS) is 27.2. The Balaban J connectivity index is 1.52. The molecule has 1 aliphatic carbocycles. The molecule has 0 amide bonds. The second-order valence-corrected chi connectivity index (χ2v) is 8.09. The third kappa shape index (κ3) is 4.18. The third-order valence-corrected chi connectivity index (χ3v) is 5.64. The highest BCUT2D eigenvalue weighted by molar-refractivity contribution is 5.76. The first-order valence-electron chi connectivity index (χ1n) is 9.37. The van der Waals surface area contributed by atoms with E-state index < -0.39 is 5.41 Å². The Bertz CT molecular complexity index is 551. The second kappa shape index (κ2) is 7.26. The molecule has 1 heterocycles. The van der Waals surface area contributed by atoms with Crippen LogP contribution in [0, 0.1) is 11.3 Å². The summed E-state index contributed by atoms with van der Waals surface area (Å²) in [6.45, 7) is 6.77. The number of esters is 1. The average Bonchev–Trinajstić information content (AvgIpc) is 3.37. The molecule has 4 unspecified atom stereocenters. The van der Waals surface area contributed by atoms with Gasteiger partial charge in [0.05, 0.1) is 24.2 Å². The van der Waals surface area contributed by atoms with Gasteiger partial charge in [0.15, 0.2) is 0 Å². The van der Waals surface area contributed by atoms with Gasteiger partial charge in [-0.25, -0.2) is 0 Å². The van der Waals surface area contributed by atoms with Crippen LogP contribution in [0.5, 0.6) is 0 Å². The smallest absolute Gasteiger partial charge is 0.311 e. The zero-order chi connectivity index (χ0) is 17.2. The maximum absolute atomic E-state index is 12.6. The molecule has 2 aliphatic rings. The lowest BCUT2D eigenvalue weighted by atomic mass is 9.79. The van der Waals surface area contributed by atoms with Crippen LogP contribution in [-0.4, -0.2) is 24.8 Å². The lowest BCUT2D eigenvalue weighted by molar-refractivity contribution is -0.156. The summed E-state index contributed by atoms with van der Waals surface area (Å²) < 4.78 is 11.3. The molecule has 3 rings (SSSR count). The van der Waals surface area contributed by atoms with Gasteiger partial charge in [-0.15, -0.1) is 0 Å². The summed E-state index contributed by atoms with van der Waals surface area (Å²) in [7, 11) is 0. The number of ether oxygens (including phenoxy) is 2. The minimum Gasteiger partial charge on any atom is -0.465 e. The molecular weight excluding hydrogens is 300 g/mol. The van der Waals surface area contributed by atoms with Crippen molar-refractivity contribution >= 4 is 5.97 Å². The Morgan fingerprint density at radius 2 is 2.00 bits per heavy atom. The van der Waals surface area contributed by atoms with Crippen molar-refractivity contribution in [2.75, 3.05) is 6.61 Å². The molecule has 0 radical (unpaired) electrons. The highest BCUT2D eigenvalue weighted by Crippen LogP contribution is 2.40. The summed E-state index contributed by atoms with van der Waals surface area (Å²) in [5.41, 5.74) is 0.856. The van der Waals surface area contributed by atoms with Crippen molar-refractivity contribution in [2.45, 2.75) is 71.0 Å². The fourth-order valence-corrected chi connectivity index (χ4v) is 3.95. The Hall–Kier alpha value is -1.35. The number of benzene rings is 1. The zero-order valence-electron chi connectivity index (χ0n) is 15.2. The molecular formula is C21H30O3. The first-order valence-corrected chi connectivity index (χ1v) is 9.37. The maximum atomic E-state index is 12.6. The van der Waals surface area contributed by atoms with Crippen LogP contribution in [-0.2, 0) is 14.3 Å². The Morgan fingerprint density at radius 1 is 1.25 bits per heavy atom. The van der Waals surface area contributed by atoms with Crippen LogP contribution in [0.1, 0.15) is 64.4 Å². The monoisotopic (exact) mass is 330 g/mol. The topological polar surface area (TPSA) is 38.8 Å². The molecule has 0 spiro atoms. The molecule has 1 aromatic carbocycles. The van der Waals surface area contributed by atoms with Gasteiger partial charge in [-0.1, -0.05) is 37.3 Å². The van der Waals surface area contributed by atoms with Gasteiger partial charge in [0.25, 0.3) is 0 Å². The average molecular weight is 330 g/mol. The number of hydrogen-bond acceptors (Lipinski definition) is 3. The van der Waals surface area contributed by atoms with Crippen LogP contribution >= 0.6 is 0 Å². The van der Waals surface area contributed by atoms with E-state index in [0.717, 1.165) is 32.1 Å². The summed E-state index contributed by atoms with van der Waals surface area (Å²) in [6, 6.07) is 10.5. The summed E-state index contributed by atoms with van der Waals surface area (Å²) in [6.07, 6.45) is 6.11. The Labute approximate surface area is 145 Å². The molecule has 1 aliphatic heterocycles. The quantitative estimate of drug-likeness (QED) is 0.537. The van der Waals surface area contributed by atoms with E-state index in [-0.39, 0.29) is 5.97 Å². The zero-order valence-corrected chi connectivity index (χ0v) is 15.2. The van der Waals surface area contributed by atoms with E-state index in [4.69, 9.17) is 9.47 Å². The Kier molecular flexibility index (Phi) is 5.29. The van der Waals surface area contributed by atoms with Gasteiger partial charge in [-0.05, 0) is 63.4 Å². The predicted octanol–water partition coefficient (Wildman–Crippen LogP) is 4.71. The predicted molar refractivity (Wildman–Crippen MR) is 94.8 cm³/mol. The van der Waals surface area contributed by atoms with E-state index in [0.29, 0.717) is 30.7 Å². The van der Waals surface area contributed by atoms with Crippen LogP contribution < -0.4 is 0 Å². The first-order chi connectivity index (χ1) is 11.5. The second-order valence-electron chi connectivity index (χ2n) is 8.09. The van der Waals surface area contributed by atoms with E-state index in [1.165, 1.54) is 5.56 Å². The van der Waals surface area contributed by atoms with Crippen molar-refractivity contribution in [2.24, 2.45) is 11.3 Å². The number of carbonyl (C=O) groups excluding carboxylic acids is 1. The first kappa shape index (κ1) is 17.5. The minimum absolute atomic E-state index is 0.0595. The number of hydrogen-bond donors (Lipinski definition) is 0. The van der Waals surface area contributed by atoms with E-state index in [2.05, 4.69) is 31.2 Å². The van der Waals surface area contributed by atoms with Gasteiger partial charge >= 0.3 is 5.97 Å². The molecule has 132 valence electrons. The molecule has 3 heteroatoms. The van der Waals surface area contributed by atoms with Gasteiger partial charge in [-0.3, -0.25) is 4.79 Å². The minimum atomic E-state index is -0.455. The highest BCUT2D eigenvalue weighted by Gasteiger charge is 2.44. The van der Waals surface area contributed by atoms with Crippen LogP contribution in [0.25, 0.3) is 0 Å². The number of fused-ring (bicyclic) bond motifs is 1. The van der Waals surface area contributed by atoms with Crippen molar-refractivity contribution in [1.29, 1.82) is 0 Å². The molecule has 1 saturated carbocycles. The van der Waals surface area contributed by atoms with Crippen molar-refractivity contribution in [3.63, 3.8) is 0 Å². The lowest BCUT2D eigenvalue weighted by Gasteiger charge is -2.29. The third-order valence-electron chi connectivity index (χ3n) is 5.64. The molecule has 0 aromatic heterocycles. The largest absolute Gasteiger partial charge is 0.465 e. The van der Waals surface area contributed by atoms with E-state index in [1.54, 1.807) is 0 Å². The van der Waals surface area contributed by atoms with Crippen molar-refractivity contribution < 1.29 is 14.3 Å². The fraction of sp³-hybridized carbons (Fsp3) is 0.667.